The molecule has 0 aliphatic heterocycles. The minimum absolute atomic E-state index is 0.00437. The van der Waals surface area contributed by atoms with Crippen LogP contribution in [0.4, 0.5) is 0 Å². The highest BCUT2D eigenvalue weighted by atomic mass is 16.4. The van der Waals surface area contributed by atoms with E-state index >= 15 is 0 Å². The second-order valence-corrected chi connectivity index (χ2v) is 9.93. The number of rotatable bonds is 12. The van der Waals surface area contributed by atoms with Crippen molar-refractivity contribution in [2.45, 2.75) is 44.3 Å². The normalized spacial score (nSPS) is 14.2. The van der Waals surface area contributed by atoms with Crippen LogP contribution in [0, 0.1) is 0 Å². The maximum Gasteiger partial charge on any atom is 0.328 e. The van der Waals surface area contributed by atoms with Gasteiger partial charge in [0.2, 0.25) is 17.7 Å². The summed E-state index contributed by atoms with van der Waals surface area (Å²) in [6.45, 7) is 3.11. The third-order valence-corrected chi connectivity index (χ3v) is 7.03. The van der Waals surface area contributed by atoms with Crippen LogP contribution < -0.4 is 16.0 Å². The molecule has 4 rings (SSSR count). The summed E-state index contributed by atoms with van der Waals surface area (Å²) in [5.41, 5.74) is 3.07. The molecule has 0 saturated carbocycles. The number of aliphatic carboxylic acids is 2. The zero-order valence-electron chi connectivity index (χ0n) is 22.9. The standard InChI is InChI=1S/C30H31N5O7/c1-16(21-15-32-23-10-6-4-8-20(21)23)27(35-28(39)17(2)33-25(36)11-12-26(37)38)29(40)34-24(30(41)42)13-18-14-31-22-9-5-3-7-19(18)22/h3-12,14-17,24,27,31-32H,13H2,1-2H3,(H,33,36)(H,34,40)(H,35,39)(H,37,38)(H,41,42)/b12-11+. The van der Waals surface area contributed by atoms with Crippen molar-refractivity contribution >= 4 is 51.5 Å². The van der Waals surface area contributed by atoms with E-state index in [-0.39, 0.29) is 6.42 Å². The lowest BCUT2D eigenvalue weighted by Crippen LogP contribution is -2.57. The quantitative estimate of drug-likeness (QED) is 0.126. The number of aromatic nitrogens is 2. The van der Waals surface area contributed by atoms with Gasteiger partial charge in [-0.15, -0.1) is 0 Å². The molecule has 0 aliphatic rings. The van der Waals surface area contributed by atoms with Crippen LogP contribution in [-0.4, -0.2) is 68.0 Å². The molecule has 0 aliphatic carbocycles. The second kappa shape index (κ2) is 12.9. The number of para-hydroxylation sites is 2. The summed E-state index contributed by atoms with van der Waals surface area (Å²) >= 11 is 0. The Kier molecular flexibility index (Phi) is 9.05. The molecule has 0 saturated heterocycles. The molecule has 2 aromatic carbocycles. The number of fused-ring (bicyclic) bond motifs is 2. The van der Waals surface area contributed by atoms with Crippen molar-refractivity contribution in [2.24, 2.45) is 0 Å². The topological polar surface area (TPSA) is 193 Å². The smallest absolute Gasteiger partial charge is 0.328 e. The number of nitrogens with one attached hydrogen (secondary N) is 5. The van der Waals surface area contributed by atoms with E-state index in [1.165, 1.54) is 6.92 Å². The molecule has 0 spiro atoms. The minimum atomic E-state index is -1.33. The summed E-state index contributed by atoms with van der Waals surface area (Å²) in [4.78, 5) is 68.0. The van der Waals surface area contributed by atoms with Gasteiger partial charge < -0.3 is 36.1 Å². The number of hydrogen-bond donors (Lipinski definition) is 7. The molecule has 7 N–H and O–H groups in total. The van der Waals surface area contributed by atoms with Gasteiger partial charge in [0.05, 0.1) is 0 Å². The van der Waals surface area contributed by atoms with Crippen molar-refractivity contribution in [3.05, 3.63) is 84.2 Å². The number of hydrogen-bond acceptors (Lipinski definition) is 5. The van der Waals surface area contributed by atoms with Crippen molar-refractivity contribution in [1.82, 2.24) is 25.9 Å². The Morgan fingerprint density at radius 1 is 0.786 bits per heavy atom. The van der Waals surface area contributed by atoms with Crippen LogP contribution in [0.5, 0.6) is 0 Å². The number of carbonyl (C=O) groups excluding carboxylic acids is 3. The number of carboxylic acid groups (broad SMARTS) is 2. The summed E-state index contributed by atoms with van der Waals surface area (Å²) in [7, 11) is 0. The summed E-state index contributed by atoms with van der Waals surface area (Å²) in [6, 6.07) is 11.2. The van der Waals surface area contributed by atoms with Gasteiger partial charge in [-0.3, -0.25) is 14.4 Å². The average molecular weight is 574 g/mol. The SMILES string of the molecule is CC(NC(=O)/C=C/C(=O)O)C(=O)NC(C(=O)NC(Cc1c[nH]c2ccccc12)C(=O)O)C(C)c1c[nH]c2ccccc12. The Bertz CT molecular complexity index is 1670. The van der Waals surface area contributed by atoms with E-state index in [0.29, 0.717) is 11.6 Å². The molecular weight excluding hydrogens is 542 g/mol. The highest BCUT2D eigenvalue weighted by molar-refractivity contribution is 5.98. The van der Waals surface area contributed by atoms with E-state index in [1.54, 1.807) is 19.3 Å². The Morgan fingerprint density at radius 2 is 1.40 bits per heavy atom. The van der Waals surface area contributed by atoms with Gasteiger partial charge in [-0.05, 0) is 30.2 Å². The van der Waals surface area contributed by atoms with Crippen LogP contribution in [0.1, 0.15) is 30.9 Å². The molecule has 4 atom stereocenters. The van der Waals surface area contributed by atoms with Gasteiger partial charge in [-0.25, -0.2) is 9.59 Å². The van der Waals surface area contributed by atoms with Crippen LogP contribution in [0.25, 0.3) is 21.8 Å². The highest BCUT2D eigenvalue weighted by Gasteiger charge is 2.34. The van der Waals surface area contributed by atoms with Gasteiger partial charge in [-0.2, -0.15) is 0 Å². The molecule has 0 bridgehead atoms. The Labute approximate surface area is 240 Å². The summed E-state index contributed by atoms with van der Waals surface area (Å²) in [5.74, 6) is -5.45. The van der Waals surface area contributed by atoms with E-state index < -0.39 is 53.7 Å². The first kappa shape index (κ1) is 29.6. The van der Waals surface area contributed by atoms with Gasteiger partial charge in [0.15, 0.2) is 0 Å². The number of carboxylic acids is 2. The molecule has 12 nitrogen and oxygen atoms in total. The minimum Gasteiger partial charge on any atom is -0.480 e. The molecule has 3 amide bonds. The van der Waals surface area contributed by atoms with Gasteiger partial charge in [0.1, 0.15) is 18.1 Å². The molecule has 0 radical (unpaired) electrons. The van der Waals surface area contributed by atoms with E-state index in [4.69, 9.17) is 5.11 Å². The molecule has 218 valence electrons. The lowest BCUT2D eigenvalue weighted by molar-refractivity contribution is -0.142. The first-order valence-electron chi connectivity index (χ1n) is 13.2. The van der Waals surface area contributed by atoms with E-state index in [9.17, 15) is 29.1 Å². The van der Waals surface area contributed by atoms with Crippen molar-refractivity contribution in [2.75, 3.05) is 0 Å². The predicted octanol–water partition coefficient (Wildman–Crippen LogP) is 2.20. The number of carbonyl (C=O) groups is 5. The largest absolute Gasteiger partial charge is 0.480 e. The van der Waals surface area contributed by atoms with Crippen molar-refractivity contribution < 1.29 is 34.2 Å². The molecule has 42 heavy (non-hydrogen) atoms. The Balaban J connectivity index is 1.58. The number of benzene rings is 2. The van der Waals surface area contributed by atoms with Crippen LogP contribution in [-0.2, 0) is 30.4 Å². The van der Waals surface area contributed by atoms with E-state index in [0.717, 1.165) is 33.4 Å². The number of aromatic amines is 2. The maximum absolute atomic E-state index is 13.7. The molecule has 12 heteroatoms. The molecule has 4 aromatic rings. The van der Waals surface area contributed by atoms with Crippen LogP contribution in [0.2, 0.25) is 0 Å². The second-order valence-electron chi connectivity index (χ2n) is 9.93. The third-order valence-electron chi connectivity index (χ3n) is 7.03. The lowest BCUT2D eigenvalue weighted by atomic mass is 9.91. The predicted molar refractivity (Wildman–Crippen MR) is 155 cm³/mol. The first-order valence-corrected chi connectivity index (χ1v) is 13.2. The van der Waals surface area contributed by atoms with Gasteiger partial charge in [-0.1, -0.05) is 43.3 Å². The number of amides is 3. The lowest BCUT2D eigenvalue weighted by Gasteiger charge is -2.27. The van der Waals surface area contributed by atoms with Gasteiger partial charge in [0.25, 0.3) is 0 Å². The average Bonchev–Trinajstić information content (AvgIpc) is 3.58. The van der Waals surface area contributed by atoms with E-state index in [1.807, 2.05) is 48.5 Å². The summed E-state index contributed by atoms with van der Waals surface area (Å²) < 4.78 is 0. The fourth-order valence-corrected chi connectivity index (χ4v) is 4.80. The van der Waals surface area contributed by atoms with Crippen molar-refractivity contribution in [3.63, 3.8) is 0 Å². The van der Waals surface area contributed by atoms with Crippen molar-refractivity contribution in [3.8, 4) is 0 Å². The van der Waals surface area contributed by atoms with E-state index in [2.05, 4.69) is 25.9 Å². The van der Waals surface area contributed by atoms with Gasteiger partial charge in [0, 0.05) is 58.7 Å². The summed E-state index contributed by atoms with van der Waals surface area (Å²) in [6.07, 6.45) is 4.83. The monoisotopic (exact) mass is 573 g/mol. The van der Waals surface area contributed by atoms with Crippen LogP contribution in [0.3, 0.4) is 0 Å². The first-order chi connectivity index (χ1) is 20.0. The molecular formula is C30H31N5O7. The Hall–Kier alpha value is -5.39. The van der Waals surface area contributed by atoms with Crippen molar-refractivity contribution in [1.29, 1.82) is 0 Å². The molecule has 4 unspecified atom stereocenters. The van der Waals surface area contributed by atoms with Crippen LogP contribution >= 0.6 is 0 Å². The summed E-state index contributed by atoms with van der Waals surface area (Å²) in [5, 5.41) is 28.0. The maximum atomic E-state index is 13.7. The van der Waals surface area contributed by atoms with Crippen LogP contribution in [0.15, 0.2) is 73.1 Å². The fourth-order valence-electron chi connectivity index (χ4n) is 4.80. The third kappa shape index (κ3) is 6.84. The zero-order chi connectivity index (χ0) is 30.4. The molecule has 2 aromatic heterocycles. The number of H-pyrrole nitrogens is 2. The zero-order valence-corrected chi connectivity index (χ0v) is 22.9. The van der Waals surface area contributed by atoms with Gasteiger partial charge >= 0.3 is 11.9 Å². The highest BCUT2D eigenvalue weighted by Crippen LogP contribution is 2.28. The fraction of sp³-hybridized carbons (Fsp3) is 0.233. The molecule has 2 heterocycles. The Morgan fingerprint density at radius 3 is 2.07 bits per heavy atom. The molecule has 0 fully saturated rings.